The van der Waals surface area contributed by atoms with Gasteiger partial charge in [0.2, 0.25) is 0 Å². The van der Waals surface area contributed by atoms with Gasteiger partial charge in [-0.15, -0.1) is 0 Å². The van der Waals surface area contributed by atoms with Gasteiger partial charge < -0.3 is 5.32 Å². The van der Waals surface area contributed by atoms with E-state index in [9.17, 15) is 0 Å². The molecule has 3 rings (SSSR count). The quantitative estimate of drug-likeness (QED) is 0.839. The van der Waals surface area contributed by atoms with Gasteiger partial charge in [0.1, 0.15) is 0 Å². The van der Waals surface area contributed by atoms with E-state index in [1.807, 2.05) is 12.1 Å². The Morgan fingerprint density at radius 1 is 1.11 bits per heavy atom. The van der Waals surface area contributed by atoms with Gasteiger partial charge in [-0.1, -0.05) is 30.7 Å². The van der Waals surface area contributed by atoms with E-state index >= 15 is 0 Å². The van der Waals surface area contributed by atoms with Crippen molar-refractivity contribution in [3.8, 4) is 0 Å². The maximum Gasteiger partial charge on any atom is 0.0406 e. The largest absolute Gasteiger partial charge is 0.307 e. The molecule has 1 aromatic rings. The average molecular weight is 264 g/mol. The first-order chi connectivity index (χ1) is 8.72. The molecule has 2 saturated carbocycles. The van der Waals surface area contributed by atoms with Crippen LogP contribution in [0.5, 0.6) is 0 Å². The molecule has 0 spiro atoms. The lowest BCUT2D eigenvalue weighted by atomic mass is 10.0. The van der Waals surface area contributed by atoms with Crippen molar-refractivity contribution in [1.29, 1.82) is 0 Å². The number of rotatable bonds is 4. The van der Waals surface area contributed by atoms with Gasteiger partial charge >= 0.3 is 0 Å². The molecule has 0 heterocycles. The molecule has 98 valence electrons. The van der Waals surface area contributed by atoms with Gasteiger partial charge in [-0.3, -0.25) is 0 Å². The van der Waals surface area contributed by atoms with E-state index < -0.39 is 0 Å². The maximum atomic E-state index is 5.98. The third-order valence-electron chi connectivity index (χ3n) is 4.43. The number of hydrogen-bond donors (Lipinski definition) is 1. The second-order valence-corrected chi connectivity index (χ2v) is 6.58. The molecular formula is C16H22ClN. The van der Waals surface area contributed by atoms with Crippen molar-refractivity contribution in [2.75, 3.05) is 0 Å². The summed E-state index contributed by atoms with van der Waals surface area (Å²) in [5.74, 6) is 1.75. The zero-order chi connectivity index (χ0) is 12.5. The highest BCUT2D eigenvalue weighted by atomic mass is 35.5. The number of hydrogen-bond acceptors (Lipinski definition) is 1. The van der Waals surface area contributed by atoms with Crippen LogP contribution < -0.4 is 5.32 Å². The number of benzene rings is 1. The van der Waals surface area contributed by atoms with Crippen LogP contribution >= 0.6 is 11.6 Å². The first-order valence-corrected chi connectivity index (χ1v) is 7.61. The van der Waals surface area contributed by atoms with Crippen LogP contribution in [0, 0.1) is 11.8 Å². The van der Waals surface area contributed by atoms with Crippen molar-refractivity contribution in [3.63, 3.8) is 0 Å². The normalized spacial score (nSPS) is 29.4. The summed E-state index contributed by atoms with van der Waals surface area (Å²) in [5, 5.41) is 4.74. The Hall–Kier alpha value is -0.530. The SMILES string of the molecule is CC1CCC(NC(c2ccc(Cl)cc2)C2CC2)C1. The lowest BCUT2D eigenvalue weighted by Crippen LogP contribution is -2.32. The van der Waals surface area contributed by atoms with Gasteiger partial charge in [0.15, 0.2) is 0 Å². The molecule has 0 bridgehead atoms. The van der Waals surface area contributed by atoms with Gasteiger partial charge in [0.05, 0.1) is 0 Å². The fourth-order valence-corrected chi connectivity index (χ4v) is 3.34. The van der Waals surface area contributed by atoms with Gasteiger partial charge in [-0.05, 0) is 61.6 Å². The highest BCUT2D eigenvalue weighted by Crippen LogP contribution is 2.42. The molecule has 2 aliphatic carbocycles. The van der Waals surface area contributed by atoms with Crippen LogP contribution in [0.2, 0.25) is 5.02 Å². The lowest BCUT2D eigenvalue weighted by molar-refractivity contribution is 0.399. The third kappa shape index (κ3) is 2.89. The van der Waals surface area contributed by atoms with Crippen molar-refractivity contribution in [1.82, 2.24) is 5.32 Å². The first-order valence-electron chi connectivity index (χ1n) is 7.24. The summed E-state index contributed by atoms with van der Waals surface area (Å²) in [6.45, 7) is 2.37. The fourth-order valence-electron chi connectivity index (χ4n) is 3.22. The minimum absolute atomic E-state index is 0.553. The van der Waals surface area contributed by atoms with E-state index in [2.05, 4.69) is 24.4 Å². The summed E-state index contributed by atoms with van der Waals surface area (Å²) in [4.78, 5) is 0. The minimum Gasteiger partial charge on any atom is -0.307 e. The van der Waals surface area contributed by atoms with Gasteiger partial charge in [0.25, 0.3) is 0 Å². The molecule has 0 aliphatic heterocycles. The van der Waals surface area contributed by atoms with E-state index in [1.165, 1.54) is 37.7 Å². The Balaban J connectivity index is 1.70. The van der Waals surface area contributed by atoms with Crippen LogP contribution in [-0.4, -0.2) is 6.04 Å². The Morgan fingerprint density at radius 2 is 1.83 bits per heavy atom. The van der Waals surface area contributed by atoms with Crippen molar-refractivity contribution in [2.45, 2.75) is 51.1 Å². The molecule has 1 nitrogen and oxygen atoms in total. The Morgan fingerprint density at radius 3 is 2.39 bits per heavy atom. The first kappa shape index (κ1) is 12.5. The molecule has 18 heavy (non-hydrogen) atoms. The second-order valence-electron chi connectivity index (χ2n) is 6.15. The van der Waals surface area contributed by atoms with Crippen molar-refractivity contribution < 1.29 is 0 Å². The lowest BCUT2D eigenvalue weighted by Gasteiger charge is -2.23. The summed E-state index contributed by atoms with van der Waals surface area (Å²) in [6.07, 6.45) is 6.83. The Labute approximate surface area is 115 Å². The maximum absolute atomic E-state index is 5.98. The standard InChI is InChI=1S/C16H22ClN/c1-11-2-9-15(10-11)18-16(12-3-4-12)13-5-7-14(17)8-6-13/h5-8,11-12,15-16,18H,2-4,9-10H2,1H3. The van der Waals surface area contributed by atoms with Gasteiger partial charge in [0, 0.05) is 17.1 Å². The third-order valence-corrected chi connectivity index (χ3v) is 4.68. The smallest absolute Gasteiger partial charge is 0.0406 e. The highest BCUT2D eigenvalue weighted by Gasteiger charge is 2.34. The summed E-state index contributed by atoms with van der Waals surface area (Å²) < 4.78 is 0. The zero-order valence-corrected chi connectivity index (χ0v) is 11.8. The van der Waals surface area contributed by atoms with E-state index in [1.54, 1.807) is 0 Å². The molecule has 2 aliphatic rings. The van der Waals surface area contributed by atoms with E-state index in [-0.39, 0.29) is 0 Å². The molecule has 1 aromatic carbocycles. The Kier molecular flexibility index (Phi) is 3.63. The molecule has 0 amide bonds. The van der Waals surface area contributed by atoms with Crippen LogP contribution in [-0.2, 0) is 0 Å². The molecule has 0 saturated heterocycles. The molecule has 2 heteroatoms. The Bertz CT molecular complexity index is 396. The van der Waals surface area contributed by atoms with Crippen LogP contribution in [0.1, 0.15) is 50.6 Å². The van der Waals surface area contributed by atoms with Gasteiger partial charge in [-0.25, -0.2) is 0 Å². The van der Waals surface area contributed by atoms with Crippen LogP contribution in [0.3, 0.4) is 0 Å². The van der Waals surface area contributed by atoms with E-state index in [0.29, 0.717) is 6.04 Å². The zero-order valence-electron chi connectivity index (χ0n) is 11.0. The van der Waals surface area contributed by atoms with E-state index in [4.69, 9.17) is 11.6 Å². The predicted molar refractivity (Wildman–Crippen MR) is 76.9 cm³/mol. The fraction of sp³-hybridized carbons (Fsp3) is 0.625. The van der Waals surface area contributed by atoms with Crippen molar-refractivity contribution in [3.05, 3.63) is 34.9 Å². The number of nitrogens with one attached hydrogen (secondary N) is 1. The average Bonchev–Trinajstić information content (AvgIpc) is 3.12. The topological polar surface area (TPSA) is 12.0 Å². The van der Waals surface area contributed by atoms with Crippen LogP contribution in [0.4, 0.5) is 0 Å². The van der Waals surface area contributed by atoms with Crippen LogP contribution in [0.25, 0.3) is 0 Å². The van der Waals surface area contributed by atoms with Crippen molar-refractivity contribution in [2.24, 2.45) is 11.8 Å². The monoisotopic (exact) mass is 263 g/mol. The minimum atomic E-state index is 0.553. The molecule has 3 atom stereocenters. The van der Waals surface area contributed by atoms with Crippen molar-refractivity contribution >= 4 is 11.6 Å². The van der Waals surface area contributed by atoms with Crippen LogP contribution in [0.15, 0.2) is 24.3 Å². The molecule has 2 fully saturated rings. The number of halogens is 1. The molecule has 3 unspecified atom stereocenters. The summed E-state index contributed by atoms with van der Waals surface area (Å²) in [6, 6.07) is 9.70. The summed E-state index contributed by atoms with van der Waals surface area (Å²) in [5.41, 5.74) is 1.42. The van der Waals surface area contributed by atoms with Gasteiger partial charge in [-0.2, -0.15) is 0 Å². The predicted octanol–water partition coefficient (Wildman–Crippen LogP) is 4.57. The highest BCUT2D eigenvalue weighted by molar-refractivity contribution is 6.30. The molecule has 1 N–H and O–H groups in total. The van der Waals surface area contributed by atoms with E-state index in [0.717, 1.165) is 22.9 Å². The molecule has 0 radical (unpaired) electrons. The molecular weight excluding hydrogens is 242 g/mol. The molecule has 0 aromatic heterocycles. The summed E-state index contributed by atoms with van der Waals surface area (Å²) >= 11 is 5.98. The second kappa shape index (κ2) is 5.22. The summed E-state index contributed by atoms with van der Waals surface area (Å²) in [7, 11) is 0.